The summed E-state index contributed by atoms with van der Waals surface area (Å²) < 4.78 is 0. The van der Waals surface area contributed by atoms with Gasteiger partial charge >= 0.3 is 0 Å². The summed E-state index contributed by atoms with van der Waals surface area (Å²) in [5, 5.41) is 0.725. The van der Waals surface area contributed by atoms with E-state index >= 15 is 0 Å². The molecule has 0 unspecified atom stereocenters. The zero-order valence-electron chi connectivity index (χ0n) is 10.0. The molecule has 1 nitrogen and oxygen atoms in total. The lowest BCUT2D eigenvalue weighted by atomic mass is 9.77. The molecule has 1 aromatic rings. The smallest absolute Gasteiger partial charge is 0.148 e. The Morgan fingerprint density at radius 2 is 1.69 bits per heavy atom. The van der Waals surface area contributed by atoms with Gasteiger partial charge in [0.2, 0.25) is 0 Å². The Balaban J connectivity index is 2.34. The molecule has 0 atom stereocenters. The second-order valence-electron chi connectivity index (χ2n) is 5.67. The Morgan fingerprint density at radius 1 is 1.19 bits per heavy atom. The van der Waals surface area contributed by atoms with E-state index < -0.39 is 0 Å². The van der Waals surface area contributed by atoms with Crippen LogP contribution in [0.25, 0.3) is 0 Å². The van der Waals surface area contributed by atoms with Crippen molar-refractivity contribution in [2.75, 3.05) is 0 Å². The Hall–Kier alpha value is -0.820. The molecule has 1 saturated carbocycles. The minimum atomic E-state index is -0.268. The normalized spacial score (nSPS) is 18.2. The average Bonchev–Trinajstić information content (AvgIpc) is 2.97. The van der Waals surface area contributed by atoms with E-state index in [-0.39, 0.29) is 10.8 Å². The van der Waals surface area contributed by atoms with Gasteiger partial charge in [-0.2, -0.15) is 0 Å². The van der Waals surface area contributed by atoms with Gasteiger partial charge in [0.05, 0.1) is 5.41 Å². The summed E-state index contributed by atoms with van der Waals surface area (Å²) in [4.78, 5) is 12.4. The molecule has 0 bridgehead atoms. The van der Waals surface area contributed by atoms with Gasteiger partial charge in [-0.15, -0.1) is 0 Å². The highest BCUT2D eigenvalue weighted by molar-refractivity contribution is 6.30. The van der Waals surface area contributed by atoms with E-state index in [0.29, 0.717) is 5.78 Å². The molecule has 1 aliphatic carbocycles. The monoisotopic (exact) mass is 236 g/mol. The predicted octanol–water partition coefficient (Wildman–Crippen LogP) is 3.99. The molecular formula is C14H17ClO. The third-order valence-corrected chi connectivity index (χ3v) is 3.51. The minimum absolute atomic E-state index is 0.219. The van der Waals surface area contributed by atoms with E-state index in [1.165, 1.54) is 0 Å². The molecular weight excluding hydrogens is 220 g/mol. The molecule has 0 amide bonds. The van der Waals surface area contributed by atoms with Crippen LogP contribution < -0.4 is 0 Å². The number of hydrogen-bond acceptors (Lipinski definition) is 1. The first-order valence-corrected chi connectivity index (χ1v) is 6.05. The van der Waals surface area contributed by atoms with Gasteiger partial charge in [0.15, 0.2) is 0 Å². The summed E-state index contributed by atoms with van der Waals surface area (Å²) in [6.45, 7) is 5.97. The topological polar surface area (TPSA) is 17.1 Å². The molecule has 0 saturated heterocycles. The van der Waals surface area contributed by atoms with Crippen molar-refractivity contribution in [3.05, 3.63) is 34.9 Å². The van der Waals surface area contributed by atoms with Gasteiger partial charge in [-0.05, 0) is 30.5 Å². The first kappa shape index (κ1) is 11.7. The van der Waals surface area contributed by atoms with Crippen molar-refractivity contribution in [2.24, 2.45) is 5.41 Å². The van der Waals surface area contributed by atoms with E-state index in [9.17, 15) is 4.79 Å². The number of hydrogen-bond donors (Lipinski definition) is 0. The fourth-order valence-electron chi connectivity index (χ4n) is 2.26. The van der Waals surface area contributed by atoms with Gasteiger partial charge in [-0.25, -0.2) is 0 Å². The van der Waals surface area contributed by atoms with Gasteiger partial charge in [0.1, 0.15) is 5.78 Å². The number of Topliss-reactive ketones (excluding diaryl/α,β-unsaturated/α-hetero) is 1. The third-order valence-electron chi connectivity index (χ3n) is 3.26. The molecule has 0 aliphatic heterocycles. The zero-order valence-corrected chi connectivity index (χ0v) is 10.8. The van der Waals surface area contributed by atoms with Crippen LogP contribution in [0.4, 0.5) is 0 Å². The van der Waals surface area contributed by atoms with Crippen LogP contribution in [0.5, 0.6) is 0 Å². The van der Waals surface area contributed by atoms with Gasteiger partial charge in [0, 0.05) is 10.4 Å². The van der Waals surface area contributed by atoms with Crippen molar-refractivity contribution in [1.29, 1.82) is 0 Å². The number of ketones is 1. The second kappa shape index (κ2) is 3.59. The molecule has 0 aromatic heterocycles. The van der Waals surface area contributed by atoms with Crippen molar-refractivity contribution in [3.63, 3.8) is 0 Å². The van der Waals surface area contributed by atoms with Crippen molar-refractivity contribution in [1.82, 2.24) is 0 Å². The van der Waals surface area contributed by atoms with Gasteiger partial charge in [-0.3, -0.25) is 4.79 Å². The van der Waals surface area contributed by atoms with E-state index in [0.717, 1.165) is 23.4 Å². The van der Waals surface area contributed by atoms with Gasteiger partial charge < -0.3 is 0 Å². The van der Waals surface area contributed by atoms with Gasteiger partial charge in [-0.1, -0.05) is 44.5 Å². The lowest BCUT2D eigenvalue weighted by molar-refractivity contribution is -0.128. The third kappa shape index (κ3) is 1.89. The van der Waals surface area contributed by atoms with E-state index in [2.05, 4.69) is 0 Å². The van der Waals surface area contributed by atoms with Crippen LogP contribution in [0.1, 0.15) is 39.2 Å². The number of carbonyl (C=O) groups excluding carboxylic acids is 1. The van der Waals surface area contributed by atoms with Gasteiger partial charge in [0.25, 0.3) is 0 Å². The van der Waals surface area contributed by atoms with Crippen LogP contribution in [-0.4, -0.2) is 5.78 Å². The molecule has 1 aromatic carbocycles. The van der Waals surface area contributed by atoms with Crippen molar-refractivity contribution < 1.29 is 4.79 Å². The fourth-order valence-corrected chi connectivity index (χ4v) is 2.38. The molecule has 0 radical (unpaired) electrons. The van der Waals surface area contributed by atoms with Crippen LogP contribution in [0, 0.1) is 5.41 Å². The molecule has 1 fully saturated rings. The van der Waals surface area contributed by atoms with Crippen LogP contribution in [-0.2, 0) is 10.2 Å². The summed E-state index contributed by atoms with van der Waals surface area (Å²) in [7, 11) is 0. The summed E-state index contributed by atoms with van der Waals surface area (Å²) >= 11 is 5.87. The molecule has 2 heteroatoms. The highest BCUT2D eigenvalue weighted by atomic mass is 35.5. The highest BCUT2D eigenvalue weighted by Gasteiger charge is 2.53. The summed E-state index contributed by atoms with van der Waals surface area (Å²) in [5.74, 6) is 0.349. The first-order chi connectivity index (χ1) is 7.36. The van der Waals surface area contributed by atoms with Crippen molar-refractivity contribution >= 4 is 17.4 Å². The maximum Gasteiger partial charge on any atom is 0.148 e. The van der Waals surface area contributed by atoms with Crippen LogP contribution >= 0.6 is 11.6 Å². The fraction of sp³-hybridized carbons (Fsp3) is 0.500. The molecule has 16 heavy (non-hydrogen) atoms. The molecule has 86 valence electrons. The Bertz CT molecular complexity index is 407. The number of carbonyl (C=O) groups is 1. The highest BCUT2D eigenvalue weighted by Crippen LogP contribution is 2.52. The zero-order chi connectivity index (χ0) is 12.0. The standard InChI is InChI=1S/C14H17ClO/c1-13(2,3)12(16)14(8-9-14)10-4-6-11(15)7-5-10/h4-7H,8-9H2,1-3H3. The maximum atomic E-state index is 12.4. The van der Waals surface area contributed by atoms with E-state index in [4.69, 9.17) is 11.6 Å². The van der Waals surface area contributed by atoms with E-state index in [1.54, 1.807) is 0 Å². The Kier molecular flexibility index (Phi) is 2.62. The quantitative estimate of drug-likeness (QED) is 0.759. The molecule has 2 rings (SSSR count). The second-order valence-corrected chi connectivity index (χ2v) is 6.10. The van der Waals surface area contributed by atoms with E-state index in [1.807, 2.05) is 45.0 Å². The lowest BCUT2D eigenvalue weighted by Crippen LogP contribution is -2.32. The largest absolute Gasteiger partial charge is 0.298 e. The lowest BCUT2D eigenvalue weighted by Gasteiger charge is -2.24. The van der Waals surface area contributed by atoms with Crippen LogP contribution in [0.15, 0.2) is 24.3 Å². The first-order valence-electron chi connectivity index (χ1n) is 5.67. The molecule has 0 spiro atoms. The van der Waals surface area contributed by atoms with Crippen LogP contribution in [0.3, 0.4) is 0 Å². The minimum Gasteiger partial charge on any atom is -0.298 e. The van der Waals surface area contributed by atoms with Crippen molar-refractivity contribution in [2.45, 2.75) is 39.0 Å². The average molecular weight is 237 g/mol. The molecule has 1 aliphatic rings. The summed E-state index contributed by atoms with van der Waals surface area (Å²) in [6.07, 6.45) is 1.95. The maximum absolute atomic E-state index is 12.4. The molecule has 0 heterocycles. The summed E-state index contributed by atoms with van der Waals surface area (Å²) in [6, 6.07) is 7.71. The number of rotatable bonds is 2. The number of halogens is 1. The SMILES string of the molecule is CC(C)(C)C(=O)C1(c2ccc(Cl)cc2)CC1. The predicted molar refractivity (Wildman–Crippen MR) is 66.8 cm³/mol. The van der Waals surface area contributed by atoms with Crippen molar-refractivity contribution in [3.8, 4) is 0 Å². The number of benzene rings is 1. The van der Waals surface area contributed by atoms with Crippen LogP contribution in [0.2, 0.25) is 5.02 Å². The Labute approximate surface area is 102 Å². The molecule has 0 N–H and O–H groups in total. The summed E-state index contributed by atoms with van der Waals surface area (Å²) in [5.41, 5.74) is 0.635. The Morgan fingerprint density at radius 3 is 2.06 bits per heavy atom.